The number of aliphatic hydroxyl groups excluding tert-OH is 1. The summed E-state index contributed by atoms with van der Waals surface area (Å²) in [5.41, 5.74) is 1.14. The maximum atomic E-state index is 13.2. The minimum atomic E-state index is -0.328. The molecule has 0 aliphatic carbocycles. The van der Waals surface area contributed by atoms with Crippen molar-refractivity contribution in [3.63, 3.8) is 0 Å². The van der Waals surface area contributed by atoms with Crippen molar-refractivity contribution in [2.45, 2.75) is 38.3 Å². The quantitative estimate of drug-likeness (QED) is 0.784. The summed E-state index contributed by atoms with van der Waals surface area (Å²) in [6.07, 6.45) is 4.57. The largest absolute Gasteiger partial charge is 0.392 e. The fourth-order valence-corrected chi connectivity index (χ4v) is 4.21. The Morgan fingerprint density at radius 3 is 2.88 bits per heavy atom. The Bertz CT molecular complexity index is 588. The average Bonchev–Trinajstić information content (AvgIpc) is 3.22. The van der Waals surface area contributed by atoms with Crippen molar-refractivity contribution in [3.8, 4) is 0 Å². The van der Waals surface area contributed by atoms with Gasteiger partial charge in [0, 0.05) is 64.5 Å². The number of rotatable bonds is 5. The molecule has 0 bridgehead atoms. The lowest BCUT2D eigenvalue weighted by Crippen LogP contribution is -2.57. The number of aromatic nitrogens is 2. The molecule has 2 unspecified atom stereocenters. The van der Waals surface area contributed by atoms with E-state index in [9.17, 15) is 9.90 Å². The number of amides is 1. The molecule has 2 N–H and O–H groups in total. The molecule has 1 amide bonds. The highest BCUT2D eigenvalue weighted by molar-refractivity contribution is 5.80. The van der Waals surface area contributed by atoms with Gasteiger partial charge in [-0.1, -0.05) is 6.92 Å². The van der Waals surface area contributed by atoms with Gasteiger partial charge in [0.05, 0.1) is 18.2 Å². The van der Waals surface area contributed by atoms with Crippen LogP contribution in [0, 0.1) is 5.92 Å². The lowest BCUT2D eigenvalue weighted by molar-refractivity contribution is -0.138. The number of aliphatic hydroxyl groups is 1. The van der Waals surface area contributed by atoms with E-state index in [0.717, 1.165) is 44.7 Å². The van der Waals surface area contributed by atoms with E-state index in [2.05, 4.69) is 22.2 Å². The van der Waals surface area contributed by atoms with Gasteiger partial charge in [0.15, 0.2) is 0 Å². The number of piperazine rings is 1. The smallest absolute Gasteiger partial charge is 0.227 e. The van der Waals surface area contributed by atoms with Gasteiger partial charge >= 0.3 is 0 Å². The molecule has 3 heterocycles. The minimum Gasteiger partial charge on any atom is -0.392 e. The molecule has 0 aromatic carbocycles. The Labute approximate surface area is 150 Å². The van der Waals surface area contributed by atoms with Crippen LogP contribution in [0.15, 0.2) is 12.4 Å². The Kier molecular flexibility index (Phi) is 5.76. The van der Waals surface area contributed by atoms with Crippen molar-refractivity contribution >= 4 is 5.91 Å². The highest BCUT2D eigenvalue weighted by Crippen LogP contribution is 2.30. The van der Waals surface area contributed by atoms with Crippen LogP contribution in [0.5, 0.6) is 0 Å². The summed E-state index contributed by atoms with van der Waals surface area (Å²) < 4.78 is 1.80. The Morgan fingerprint density at radius 1 is 1.44 bits per heavy atom. The van der Waals surface area contributed by atoms with Gasteiger partial charge in [-0.15, -0.1) is 0 Å². The molecule has 1 aromatic heterocycles. The van der Waals surface area contributed by atoms with Crippen LogP contribution in [0.1, 0.15) is 31.7 Å². The van der Waals surface area contributed by atoms with Gasteiger partial charge in [-0.05, 0) is 18.9 Å². The topological polar surface area (TPSA) is 73.6 Å². The molecule has 2 saturated heterocycles. The summed E-state index contributed by atoms with van der Waals surface area (Å²) in [6, 6.07) is 0.332. The average molecular weight is 349 g/mol. The second-order valence-corrected chi connectivity index (χ2v) is 7.51. The molecule has 2 fully saturated rings. The number of aryl methyl sites for hydroxylation is 1. The molecule has 0 radical (unpaired) electrons. The maximum Gasteiger partial charge on any atom is 0.227 e. The highest BCUT2D eigenvalue weighted by Gasteiger charge is 2.39. The Hall–Kier alpha value is -1.44. The predicted molar refractivity (Wildman–Crippen MR) is 96.2 cm³/mol. The first kappa shape index (κ1) is 18.4. The van der Waals surface area contributed by atoms with Crippen molar-refractivity contribution in [1.82, 2.24) is 24.9 Å². The molecule has 0 spiro atoms. The SMILES string of the molecule is CCC1CN(C(=O)[C@H]2CNC[C@@H]2c2cnn(C)c2)CCN1CC(C)O. The van der Waals surface area contributed by atoms with Crippen LogP contribution in [0.2, 0.25) is 0 Å². The third kappa shape index (κ3) is 4.04. The van der Waals surface area contributed by atoms with Crippen LogP contribution in [0.25, 0.3) is 0 Å². The van der Waals surface area contributed by atoms with E-state index in [1.54, 1.807) is 4.68 Å². The van der Waals surface area contributed by atoms with E-state index < -0.39 is 0 Å². The number of hydrogen-bond acceptors (Lipinski definition) is 5. The summed E-state index contributed by atoms with van der Waals surface area (Å²) in [6.45, 7) is 8.59. The molecule has 7 nitrogen and oxygen atoms in total. The van der Waals surface area contributed by atoms with Gasteiger partial charge in [-0.25, -0.2) is 0 Å². The number of nitrogens with one attached hydrogen (secondary N) is 1. The number of β-amino-alcohol motifs (C(OH)–C–C–N with tert-alkyl or cyclic N) is 1. The molecular formula is C18H31N5O2. The molecule has 3 rings (SSSR count). The molecule has 140 valence electrons. The van der Waals surface area contributed by atoms with Crippen molar-refractivity contribution in [3.05, 3.63) is 18.0 Å². The third-order valence-electron chi connectivity index (χ3n) is 5.57. The summed E-state index contributed by atoms with van der Waals surface area (Å²) in [5, 5.41) is 17.3. The highest BCUT2D eigenvalue weighted by atomic mass is 16.3. The van der Waals surface area contributed by atoms with Crippen LogP contribution in [0.3, 0.4) is 0 Å². The van der Waals surface area contributed by atoms with Gasteiger partial charge in [0.25, 0.3) is 0 Å². The number of carbonyl (C=O) groups excluding carboxylic acids is 1. The van der Waals surface area contributed by atoms with Gasteiger partial charge in [0.2, 0.25) is 5.91 Å². The Morgan fingerprint density at radius 2 is 2.24 bits per heavy atom. The molecule has 0 saturated carbocycles. The fraction of sp³-hybridized carbons (Fsp3) is 0.778. The lowest BCUT2D eigenvalue weighted by atomic mass is 9.89. The van der Waals surface area contributed by atoms with Crippen LogP contribution in [-0.2, 0) is 11.8 Å². The van der Waals surface area contributed by atoms with E-state index in [1.165, 1.54) is 0 Å². The molecule has 4 atom stereocenters. The number of nitrogens with zero attached hydrogens (tertiary/aromatic N) is 4. The van der Waals surface area contributed by atoms with Gasteiger partial charge < -0.3 is 15.3 Å². The zero-order chi connectivity index (χ0) is 18.0. The summed E-state index contributed by atoms with van der Waals surface area (Å²) in [4.78, 5) is 17.5. The predicted octanol–water partition coefficient (Wildman–Crippen LogP) is 0.0267. The fourth-order valence-electron chi connectivity index (χ4n) is 4.21. The zero-order valence-corrected chi connectivity index (χ0v) is 15.6. The minimum absolute atomic E-state index is 0.00924. The van der Waals surface area contributed by atoms with E-state index in [1.807, 2.05) is 31.3 Å². The molecule has 7 heteroatoms. The second kappa shape index (κ2) is 7.85. The normalized spacial score (nSPS) is 29.1. The first-order valence-corrected chi connectivity index (χ1v) is 9.39. The summed E-state index contributed by atoms with van der Waals surface area (Å²) in [5.74, 6) is 0.454. The van der Waals surface area contributed by atoms with Crippen molar-refractivity contribution in [2.75, 3.05) is 39.3 Å². The Balaban J connectivity index is 1.66. The van der Waals surface area contributed by atoms with Gasteiger partial charge in [-0.3, -0.25) is 14.4 Å². The molecule has 1 aromatic rings. The molecule has 25 heavy (non-hydrogen) atoms. The lowest BCUT2D eigenvalue weighted by Gasteiger charge is -2.42. The molecule has 2 aliphatic heterocycles. The first-order valence-electron chi connectivity index (χ1n) is 9.39. The maximum absolute atomic E-state index is 13.2. The van der Waals surface area contributed by atoms with Crippen LogP contribution < -0.4 is 5.32 Å². The van der Waals surface area contributed by atoms with Gasteiger partial charge in [-0.2, -0.15) is 5.10 Å². The molecular weight excluding hydrogens is 318 g/mol. The monoisotopic (exact) mass is 349 g/mol. The first-order chi connectivity index (χ1) is 12.0. The van der Waals surface area contributed by atoms with E-state index >= 15 is 0 Å². The third-order valence-corrected chi connectivity index (χ3v) is 5.57. The second-order valence-electron chi connectivity index (χ2n) is 7.51. The molecule has 2 aliphatic rings. The van der Waals surface area contributed by atoms with Crippen molar-refractivity contribution in [2.24, 2.45) is 13.0 Å². The van der Waals surface area contributed by atoms with E-state index in [-0.39, 0.29) is 23.8 Å². The van der Waals surface area contributed by atoms with Gasteiger partial charge in [0.1, 0.15) is 0 Å². The van der Waals surface area contributed by atoms with Crippen molar-refractivity contribution in [1.29, 1.82) is 0 Å². The number of carbonyl (C=O) groups is 1. The standard InChI is InChI=1S/C18H31N5O2/c1-4-15-12-23(6-5-22(15)10-13(2)24)18(25)17-9-19-8-16(17)14-7-20-21(3)11-14/h7,11,13,15-17,19,24H,4-6,8-10,12H2,1-3H3/t13?,15?,16-,17+/m1/s1. The summed E-state index contributed by atoms with van der Waals surface area (Å²) >= 11 is 0. The zero-order valence-electron chi connectivity index (χ0n) is 15.6. The van der Waals surface area contributed by atoms with Crippen LogP contribution >= 0.6 is 0 Å². The van der Waals surface area contributed by atoms with E-state index in [0.29, 0.717) is 12.6 Å². The van der Waals surface area contributed by atoms with Crippen molar-refractivity contribution < 1.29 is 9.90 Å². The van der Waals surface area contributed by atoms with Crippen LogP contribution in [-0.4, -0.2) is 82.0 Å². The number of hydrogen-bond donors (Lipinski definition) is 2. The summed E-state index contributed by atoms with van der Waals surface area (Å²) in [7, 11) is 1.91. The van der Waals surface area contributed by atoms with Crippen LogP contribution in [0.4, 0.5) is 0 Å². The van der Waals surface area contributed by atoms with E-state index in [4.69, 9.17) is 0 Å².